The van der Waals surface area contributed by atoms with E-state index in [2.05, 4.69) is 6.92 Å². The van der Waals surface area contributed by atoms with E-state index < -0.39 is 11.9 Å². The van der Waals surface area contributed by atoms with Gasteiger partial charge in [-0.1, -0.05) is 103 Å². The van der Waals surface area contributed by atoms with Crippen LogP contribution in [0.2, 0.25) is 0 Å². The molecule has 0 amide bonds. The molecule has 0 unspecified atom stereocenters. The molecule has 0 aliphatic carbocycles. The Balaban J connectivity index is -0.00000312. The van der Waals surface area contributed by atoms with Gasteiger partial charge in [-0.05, 0) is 6.42 Å². The van der Waals surface area contributed by atoms with Crippen molar-refractivity contribution >= 4 is 11.9 Å². The van der Waals surface area contributed by atoms with Crippen LogP contribution >= 0.6 is 0 Å². The number of esters is 1. The summed E-state index contributed by atoms with van der Waals surface area (Å²) >= 11 is 0. The molecule has 0 aromatic carbocycles. The minimum atomic E-state index is -1.13. The van der Waals surface area contributed by atoms with Crippen molar-refractivity contribution in [3.8, 4) is 0 Å². The third kappa shape index (κ3) is 26.8. The number of carboxylic acid groups (broad SMARTS) is 1. The van der Waals surface area contributed by atoms with Gasteiger partial charge in [0.05, 0.1) is 6.61 Å². The highest BCUT2D eigenvalue weighted by Crippen LogP contribution is 2.13. The molecule has 0 saturated carbocycles. The molecule has 0 fully saturated rings. The second kappa shape index (κ2) is 25.6. The third-order valence-corrected chi connectivity index (χ3v) is 4.60. The summed E-state index contributed by atoms with van der Waals surface area (Å²) in [4.78, 5) is 21.4. The quantitative estimate of drug-likeness (QED) is 0.189. The summed E-state index contributed by atoms with van der Waals surface area (Å²) in [6, 6.07) is 0. The molecule has 0 aromatic rings. The summed E-state index contributed by atoms with van der Waals surface area (Å²) in [5.41, 5.74) is 0. The SMILES string of the molecule is CCCCCCCCCCCCCCCCCCOC(=O)C=CC(=O)O.O.O. The van der Waals surface area contributed by atoms with Crippen LogP contribution in [0, 0.1) is 0 Å². The zero-order valence-electron chi connectivity index (χ0n) is 17.8. The van der Waals surface area contributed by atoms with E-state index in [-0.39, 0.29) is 11.0 Å². The smallest absolute Gasteiger partial charge is 0.331 e. The van der Waals surface area contributed by atoms with E-state index in [0.717, 1.165) is 25.0 Å². The molecule has 0 bridgehead atoms. The van der Waals surface area contributed by atoms with Crippen LogP contribution in [-0.2, 0) is 14.3 Å². The minimum Gasteiger partial charge on any atom is -0.478 e. The highest BCUT2D eigenvalue weighted by atomic mass is 16.5. The van der Waals surface area contributed by atoms with Crippen LogP contribution in [-0.4, -0.2) is 34.6 Å². The van der Waals surface area contributed by atoms with Crippen molar-refractivity contribution in [3.05, 3.63) is 12.2 Å². The largest absolute Gasteiger partial charge is 0.478 e. The van der Waals surface area contributed by atoms with Crippen LogP contribution in [0.25, 0.3) is 0 Å². The predicted octanol–water partition coefficient (Wildman–Crippen LogP) is 4.78. The Hall–Kier alpha value is -1.40. The molecule has 0 aromatic heterocycles. The molecule has 5 N–H and O–H groups in total. The lowest BCUT2D eigenvalue weighted by molar-refractivity contribution is -0.138. The maximum atomic E-state index is 11.1. The molecule has 0 heterocycles. The Morgan fingerprint density at radius 2 is 1.00 bits per heavy atom. The number of rotatable bonds is 19. The number of carbonyl (C=O) groups excluding carboxylic acids is 1. The van der Waals surface area contributed by atoms with Crippen molar-refractivity contribution in [2.45, 2.75) is 110 Å². The Kier molecular flexibility index (Phi) is 28.6. The number of hydrogen-bond acceptors (Lipinski definition) is 3. The summed E-state index contributed by atoms with van der Waals surface area (Å²) in [5, 5.41) is 8.39. The van der Waals surface area contributed by atoms with Crippen LogP contribution < -0.4 is 0 Å². The fourth-order valence-electron chi connectivity index (χ4n) is 3.01. The first-order chi connectivity index (χ1) is 12.7. The van der Waals surface area contributed by atoms with Gasteiger partial charge in [0.2, 0.25) is 0 Å². The van der Waals surface area contributed by atoms with Gasteiger partial charge in [0.1, 0.15) is 0 Å². The number of ether oxygens (including phenoxy) is 1. The van der Waals surface area contributed by atoms with Crippen molar-refractivity contribution in [3.63, 3.8) is 0 Å². The molecule has 0 rings (SSSR count). The maximum Gasteiger partial charge on any atom is 0.331 e. The Labute approximate surface area is 171 Å². The van der Waals surface area contributed by atoms with Crippen LogP contribution in [0.4, 0.5) is 0 Å². The molecule has 0 aliphatic rings. The zero-order chi connectivity index (χ0) is 19.3. The molecule has 0 atom stereocenters. The monoisotopic (exact) mass is 404 g/mol. The van der Waals surface area contributed by atoms with Gasteiger partial charge in [0.25, 0.3) is 0 Å². The molecule has 6 heteroatoms. The van der Waals surface area contributed by atoms with Gasteiger partial charge in [-0.25, -0.2) is 9.59 Å². The van der Waals surface area contributed by atoms with E-state index in [0.29, 0.717) is 6.61 Å². The summed E-state index contributed by atoms with van der Waals surface area (Å²) in [7, 11) is 0. The van der Waals surface area contributed by atoms with Crippen LogP contribution in [0.15, 0.2) is 12.2 Å². The van der Waals surface area contributed by atoms with Gasteiger partial charge in [-0.15, -0.1) is 0 Å². The molecular weight excluding hydrogens is 360 g/mol. The van der Waals surface area contributed by atoms with Gasteiger partial charge in [-0.2, -0.15) is 0 Å². The summed E-state index contributed by atoms with van der Waals surface area (Å²) in [6.07, 6.45) is 22.7. The summed E-state index contributed by atoms with van der Waals surface area (Å²) in [6.45, 7) is 2.64. The molecular formula is C22H44O6. The standard InChI is InChI=1S/C22H40O4.2H2O/c1-2-3-4-5-6-7-8-9-10-11-12-13-14-15-16-17-20-26-22(25)19-18-21(23)24;;/h18-19H,2-17,20H2,1H3,(H,23,24);2*1H2. The van der Waals surface area contributed by atoms with Crippen molar-refractivity contribution in [2.24, 2.45) is 0 Å². The molecule has 0 radical (unpaired) electrons. The van der Waals surface area contributed by atoms with Crippen molar-refractivity contribution in [1.29, 1.82) is 0 Å². The summed E-state index contributed by atoms with van der Waals surface area (Å²) < 4.78 is 4.92. The summed E-state index contributed by atoms with van der Waals surface area (Å²) in [5.74, 6) is -1.71. The van der Waals surface area contributed by atoms with Crippen LogP contribution in [0.1, 0.15) is 110 Å². The fourth-order valence-corrected chi connectivity index (χ4v) is 3.01. The normalized spacial score (nSPS) is 10.3. The third-order valence-electron chi connectivity index (χ3n) is 4.60. The number of carbonyl (C=O) groups is 2. The lowest BCUT2D eigenvalue weighted by atomic mass is 10.0. The molecule has 28 heavy (non-hydrogen) atoms. The molecule has 0 spiro atoms. The first-order valence-electron chi connectivity index (χ1n) is 10.7. The highest BCUT2D eigenvalue weighted by molar-refractivity contribution is 5.90. The number of hydrogen-bond donors (Lipinski definition) is 1. The first-order valence-corrected chi connectivity index (χ1v) is 10.7. The van der Waals surface area contributed by atoms with Gasteiger partial charge < -0.3 is 20.8 Å². The van der Waals surface area contributed by atoms with E-state index in [4.69, 9.17) is 9.84 Å². The van der Waals surface area contributed by atoms with E-state index in [1.807, 2.05) is 0 Å². The highest BCUT2D eigenvalue weighted by Gasteiger charge is 1.98. The lowest BCUT2D eigenvalue weighted by Crippen LogP contribution is -2.03. The average molecular weight is 405 g/mol. The average Bonchev–Trinajstić information content (AvgIpc) is 2.62. The number of unbranched alkanes of at least 4 members (excludes halogenated alkanes) is 15. The van der Waals surface area contributed by atoms with E-state index in [1.54, 1.807) is 0 Å². The Bertz CT molecular complexity index is 368. The number of carboxylic acids is 1. The lowest BCUT2D eigenvalue weighted by Gasteiger charge is -2.04. The second-order valence-corrected chi connectivity index (χ2v) is 7.14. The van der Waals surface area contributed by atoms with Gasteiger partial charge in [-0.3, -0.25) is 0 Å². The van der Waals surface area contributed by atoms with Crippen molar-refractivity contribution in [2.75, 3.05) is 6.61 Å². The van der Waals surface area contributed by atoms with E-state index >= 15 is 0 Å². The number of aliphatic carboxylic acids is 1. The van der Waals surface area contributed by atoms with Gasteiger partial charge >= 0.3 is 11.9 Å². The van der Waals surface area contributed by atoms with Gasteiger partial charge in [0, 0.05) is 12.2 Å². The first kappa shape index (κ1) is 31.3. The predicted molar refractivity (Wildman–Crippen MR) is 115 cm³/mol. The Morgan fingerprint density at radius 1 is 0.643 bits per heavy atom. The molecule has 0 saturated heterocycles. The Morgan fingerprint density at radius 3 is 1.36 bits per heavy atom. The maximum absolute atomic E-state index is 11.1. The zero-order valence-corrected chi connectivity index (χ0v) is 17.8. The fraction of sp³-hybridized carbons (Fsp3) is 0.818. The van der Waals surface area contributed by atoms with Crippen molar-refractivity contribution < 1.29 is 30.4 Å². The van der Waals surface area contributed by atoms with Gasteiger partial charge in [0.15, 0.2) is 0 Å². The van der Waals surface area contributed by atoms with Crippen LogP contribution in [0.5, 0.6) is 0 Å². The topological polar surface area (TPSA) is 127 Å². The van der Waals surface area contributed by atoms with E-state index in [1.165, 1.54) is 89.9 Å². The second-order valence-electron chi connectivity index (χ2n) is 7.14. The minimum absolute atomic E-state index is 0. The van der Waals surface area contributed by atoms with E-state index in [9.17, 15) is 9.59 Å². The molecule has 0 aliphatic heterocycles. The molecule has 6 nitrogen and oxygen atoms in total. The van der Waals surface area contributed by atoms with Crippen LogP contribution in [0.3, 0.4) is 0 Å². The van der Waals surface area contributed by atoms with Crippen molar-refractivity contribution in [1.82, 2.24) is 0 Å². The molecule has 168 valence electrons.